The largest absolute Gasteiger partial charge is 0.469 e. The second-order valence-electron chi connectivity index (χ2n) is 4.17. The maximum absolute atomic E-state index is 11.7. The van der Waals surface area contributed by atoms with Crippen LogP contribution in [0.4, 0.5) is 0 Å². The Kier molecular flexibility index (Phi) is 4.59. The molecule has 2 unspecified atom stereocenters. The number of ether oxygens (including phenoxy) is 2. The molecule has 92 valence electrons. The number of halogens is 1. The molecule has 0 spiro atoms. The van der Waals surface area contributed by atoms with Crippen LogP contribution in [0.25, 0.3) is 0 Å². The van der Waals surface area contributed by atoms with E-state index in [1.54, 1.807) is 0 Å². The van der Waals surface area contributed by atoms with Gasteiger partial charge in [-0.05, 0) is 25.7 Å². The summed E-state index contributed by atoms with van der Waals surface area (Å²) >= 11 is 5.71. The molecule has 0 N–H and O–H groups in total. The van der Waals surface area contributed by atoms with Crippen molar-refractivity contribution in [3.63, 3.8) is 0 Å². The Morgan fingerprint density at radius 1 is 1.38 bits per heavy atom. The molecule has 0 aromatic carbocycles. The minimum Gasteiger partial charge on any atom is -0.469 e. The summed E-state index contributed by atoms with van der Waals surface area (Å²) in [7, 11) is 2.73. The highest BCUT2D eigenvalue weighted by Crippen LogP contribution is 2.45. The van der Waals surface area contributed by atoms with Gasteiger partial charge in [0, 0.05) is 5.88 Å². The number of hydrogen-bond acceptors (Lipinski definition) is 4. The van der Waals surface area contributed by atoms with Crippen LogP contribution < -0.4 is 0 Å². The number of carbonyl (C=O) groups is 2. The Bertz CT molecular complexity index is 279. The van der Waals surface area contributed by atoms with E-state index < -0.39 is 5.41 Å². The predicted molar refractivity (Wildman–Crippen MR) is 59.1 cm³/mol. The third kappa shape index (κ3) is 2.48. The van der Waals surface area contributed by atoms with Gasteiger partial charge in [-0.25, -0.2) is 0 Å². The number of alkyl halides is 1. The fourth-order valence-electron chi connectivity index (χ4n) is 2.41. The van der Waals surface area contributed by atoms with Crippen molar-refractivity contribution in [2.24, 2.45) is 11.3 Å². The van der Waals surface area contributed by atoms with E-state index in [1.165, 1.54) is 14.2 Å². The van der Waals surface area contributed by atoms with Crippen LogP contribution in [0.5, 0.6) is 0 Å². The Labute approximate surface area is 100 Å². The molecular formula is C11H17ClO4. The zero-order valence-electron chi connectivity index (χ0n) is 9.62. The summed E-state index contributed by atoms with van der Waals surface area (Å²) < 4.78 is 9.50. The van der Waals surface area contributed by atoms with Gasteiger partial charge in [0.25, 0.3) is 0 Å². The number of esters is 2. The molecule has 0 aromatic heterocycles. The normalized spacial score (nSPS) is 28.8. The van der Waals surface area contributed by atoms with Crippen LogP contribution in [0, 0.1) is 11.3 Å². The molecule has 2 atom stereocenters. The fourth-order valence-corrected chi connectivity index (χ4v) is 2.77. The van der Waals surface area contributed by atoms with Gasteiger partial charge in [0.1, 0.15) is 0 Å². The monoisotopic (exact) mass is 248 g/mol. The lowest BCUT2D eigenvalue weighted by atomic mass is 9.82. The fraction of sp³-hybridized carbons (Fsp3) is 0.818. The van der Waals surface area contributed by atoms with Crippen LogP contribution in [0.1, 0.15) is 25.7 Å². The lowest BCUT2D eigenvalue weighted by Crippen LogP contribution is -2.31. The van der Waals surface area contributed by atoms with Crippen LogP contribution in [-0.4, -0.2) is 32.0 Å². The molecule has 5 heteroatoms. The van der Waals surface area contributed by atoms with E-state index in [2.05, 4.69) is 0 Å². The maximum atomic E-state index is 11.7. The smallest absolute Gasteiger partial charge is 0.311 e. The van der Waals surface area contributed by atoms with Crippen molar-refractivity contribution in [2.45, 2.75) is 25.7 Å². The molecule has 0 radical (unpaired) electrons. The SMILES string of the molecule is COC(=O)C1CCC(CCCl)(C(=O)OC)C1. The Hall–Kier alpha value is -0.770. The summed E-state index contributed by atoms with van der Waals surface area (Å²) in [5.74, 6) is -0.324. The van der Waals surface area contributed by atoms with Gasteiger partial charge in [0.15, 0.2) is 0 Å². The average Bonchev–Trinajstić information content (AvgIpc) is 2.73. The first-order chi connectivity index (χ1) is 7.59. The van der Waals surface area contributed by atoms with E-state index in [0.29, 0.717) is 31.6 Å². The number of methoxy groups -OCH3 is 2. The van der Waals surface area contributed by atoms with Crippen LogP contribution in [0.15, 0.2) is 0 Å². The zero-order valence-corrected chi connectivity index (χ0v) is 10.4. The van der Waals surface area contributed by atoms with Gasteiger partial charge >= 0.3 is 11.9 Å². The third-order valence-electron chi connectivity index (χ3n) is 3.33. The molecule has 0 aliphatic heterocycles. The second-order valence-corrected chi connectivity index (χ2v) is 4.55. The lowest BCUT2D eigenvalue weighted by molar-refractivity contribution is -0.153. The minimum absolute atomic E-state index is 0.202. The Morgan fingerprint density at radius 2 is 2.06 bits per heavy atom. The van der Waals surface area contributed by atoms with Crippen molar-refractivity contribution in [1.82, 2.24) is 0 Å². The number of rotatable bonds is 4. The Morgan fingerprint density at radius 3 is 2.56 bits per heavy atom. The molecule has 4 nitrogen and oxygen atoms in total. The van der Waals surface area contributed by atoms with Crippen molar-refractivity contribution in [1.29, 1.82) is 0 Å². The van der Waals surface area contributed by atoms with Crippen LogP contribution in [-0.2, 0) is 19.1 Å². The van der Waals surface area contributed by atoms with E-state index in [-0.39, 0.29) is 17.9 Å². The van der Waals surface area contributed by atoms with Crippen molar-refractivity contribution >= 4 is 23.5 Å². The topological polar surface area (TPSA) is 52.6 Å². The summed E-state index contributed by atoms with van der Waals surface area (Å²) in [4.78, 5) is 23.2. The van der Waals surface area contributed by atoms with E-state index >= 15 is 0 Å². The molecule has 1 rings (SSSR count). The van der Waals surface area contributed by atoms with Gasteiger partial charge < -0.3 is 9.47 Å². The molecule has 16 heavy (non-hydrogen) atoms. The van der Waals surface area contributed by atoms with Gasteiger partial charge in [-0.3, -0.25) is 9.59 Å². The molecule has 0 aromatic rings. The molecule has 1 saturated carbocycles. The predicted octanol–water partition coefficient (Wildman–Crippen LogP) is 1.75. The molecule has 0 bridgehead atoms. The quantitative estimate of drug-likeness (QED) is 0.562. The number of carbonyl (C=O) groups excluding carboxylic acids is 2. The third-order valence-corrected chi connectivity index (χ3v) is 3.52. The van der Waals surface area contributed by atoms with E-state index in [1.807, 2.05) is 0 Å². The van der Waals surface area contributed by atoms with Crippen molar-refractivity contribution < 1.29 is 19.1 Å². The maximum Gasteiger partial charge on any atom is 0.311 e. The standard InChI is InChI=1S/C11H17ClO4/c1-15-9(13)8-3-4-11(7-8,5-6-12)10(14)16-2/h8H,3-7H2,1-2H3. The van der Waals surface area contributed by atoms with Gasteiger partial charge in [-0.15, -0.1) is 11.6 Å². The van der Waals surface area contributed by atoms with E-state index in [0.717, 1.165) is 0 Å². The first-order valence-electron chi connectivity index (χ1n) is 5.32. The highest BCUT2D eigenvalue weighted by molar-refractivity contribution is 6.18. The molecule has 0 amide bonds. The molecular weight excluding hydrogens is 232 g/mol. The first-order valence-corrected chi connectivity index (χ1v) is 5.85. The highest BCUT2D eigenvalue weighted by Gasteiger charge is 2.48. The summed E-state index contributed by atoms with van der Waals surface area (Å²) in [5, 5.41) is 0. The van der Waals surface area contributed by atoms with Crippen LogP contribution >= 0.6 is 11.6 Å². The van der Waals surface area contributed by atoms with E-state index in [9.17, 15) is 9.59 Å². The summed E-state index contributed by atoms with van der Waals surface area (Å²) in [6, 6.07) is 0. The lowest BCUT2D eigenvalue weighted by Gasteiger charge is -2.24. The van der Waals surface area contributed by atoms with Gasteiger partial charge in [0.05, 0.1) is 25.6 Å². The first kappa shape index (κ1) is 13.3. The zero-order chi connectivity index (χ0) is 12.2. The van der Waals surface area contributed by atoms with Crippen LogP contribution in [0.3, 0.4) is 0 Å². The molecule has 1 aliphatic rings. The molecule has 0 heterocycles. The Balaban J connectivity index is 2.76. The number of hydrogen-bond donors (Lipinski definition) is 0. The molecule has 1 aliphatic carbocycles. The van der Waals surface area contributed by atoms with Gasteiger partial charge in [-0.1, -0.05) is 0 Å². The van der Waals surface area contributed by atoms with Gasteiger partial charge in [0.2, 0.25) is 0 Å². The summed E-state index contributed by atoms with van der Waals surface area (Å²) in [6.45, 7) is 0. The molecule has 1 fully saturated rings. The highest BCUT2D eigenvalue weighted by atomic mass is 35.5. The van der Waals surface area contributed by atoms with Crippen LogP contribution in [0.2, 0.25) is 0 Å². The molecule has 0 saturated heterocycles. The van der Waals surface area contributed by atoms with Crippen molar-refractivity contribution in [3.8, 4) is 0 Å². The average molecular weight is 249 g/mol. The van der Waals surface area contributed by atoms with E-state index in [4.69, 9.17) is 21.1 Å². The second kappa shape index (κ2) is 5.53. The van der Waals surface area contributed by atoms with Crippen molar-refractivity contribution in [2.75, 3.05) is 20.1 Å². The minimum atomic E-state index is -0.588. The summed E-state index contributed by atoms with van der Waals surface area (Å²) in [5.41, 5.74) is -0.588. The van der Waals surface area contributed by atoms with Crippen molar-refractivity contribution in [3.05, 3.63) is 0 Å². The van der Waals surface area contributed by atoms with Gasteiger partial charge in [-0.2, -0.15) is 0 Å². The summed E-state index contributed by atoms with van der Waals surface area (Å²) in [6.07, 6.45) is 2.35.